The zero-order chi connectivity index (χ0) is 22.9. The van der Waals surface area contributed by atoms with Crippen LogP contribution in [0.25, 0.3) is 16.9 Å². The summed E-state index contributed by atoms with van der Waals surface area (Å²) in [4.78, 5) is 9.79. The van der Waals surface area contributed by atoms with Crippen molar-refractivity contribution >= 4 is 39.8 Å². The number of hydrogen-bond acceptors (Lipinski definition) is 8. The number of rotatable bonds is 7. The van der Waals surface area contributed by atoms with Crippen molar-refractivity contribution in [1.29, 1.82) is 0 Å². The molecule has 0 radical (unpaired) electrons. The summed E-state index contributed by atoms with van der Waals surface area (Å²) in [6.45, 7) is 4.32. The van der Waals surface area contributed by atoms with Crippen molar-refractivity contribution in [1.82, 2.24) is 33.8 Å². The monoisotopic (exact) mass is 482 g/mol. The largest absolute Gasteiger partial charge is 0.329 e. The summed E-state index contributed by atoms with van der Waals surface area (Å²) in [7, 11) is 6.07. The van der Waals surface area contributed by atoms with Crippen LogP contribution in [0.15, 0.2) is 35.1 Å². The molecule has 1 unspecified atom stereocenters. The Morgan fingerprint density at radius 3 is 2.91 bits per heavy atom. The molecular formula is C23H30N8S2. The molecule has 0 spiro atoms. The van der Waals surface area contributed by atoms with E-state index in [0.717, 1.165) is 52.9 Å². The lowest BCUT2D eigenvalue weighted by Crippen LogP contribution is -2.31. The van der Waals surface area contributed by atoms with Crippen LogP contribution in [0, 0.1) is 12.8 Å². The van der Waals surface area contributed by atoms with Gasteiger partial charge in [0.1, 0.15) is 0 Å². The molecule has 5 rings (SSSR count). The number of aryl methyl sites for hydroxylation is 2. The maximum absolute atomic E-state index is 5.05. The Kier molecular flexibility index (Phi) is 6.42. The van der Waals surface area contributed by atoms with E-state index in [0.29, 0.717) is 5.92 Å². The van der Waals surface area contributed by atoms with Crippen LogP contribution in [0.1, 0.15) is 24.1 Å². The van der Waals surface area contributed by atoms with E-state index in [1.807, 2.05) is 30.3 Å². The molecule has 1 saturated heterocycles. The number of nitrogens with zero attached hydrogens (tertiary/aromatic N) is 6. The Morgan fingerprint density at radius 1 is 1.30 bits per heavy atom. The zero-order valence-corrected chi connectivity index (χ0v) is 21.1. The molecule has 1 aliphatic rings. The molecule has 1 atom stereocenters. The number of thiophene rings is 1. The summed E-state index contributed by atoms with van der Waals surface area (Å²) in [6.07, 6.45) is 11.4. The maximum atomic E-state index is 5.05. The van der Waals surface area contributed by atoms with Crippen LogP contribution in [0.5, 0.6) is 0 Å². The number of imidazole rings is 1. The molecule has 4 aromatic rings. The van der Waals surface area contributed by atoms with Gasteiger partial charge in [0, 0.05) is 25.0 Å². The van der Waals surface area contributed by atoms with E-state index in [-0.39, 0.29) is 0 Å². The minimum absolute atomic E-state index is 0.606. The number of piperidine rings is 1. The Morgan fingerprint density at radius 2 is 2.18 bits per heavy atom. The molecule has 0 aromatic carbocycles. The SMILES string of the molecule is Cc1cc(Nc2nc(CC3CCCNC3)cn3c(-c4cnn(C)c4)cnc23)sc1SN(C)C. The fourth-order valence-electron chi connectivity index (χ4n) is 4.28. The van der Waals surface area contributed by atoms with Gasteiger partial charge in [0.25, 0.3) is 0 Å². The van der Waals surface area contributed by atoms with Crippen LogP contribution in [-0.4, -0.2) is 55.6 Å². The first-order valence-electron chi connectivity index (χ1n) is 11.3. The van der Waals surface area contributed by atoms with Gasteiger partial charge in [0.2, 0.25) is 0 Å². The lowest BCUT2D eigenvalue weighted by molar-refractivity contribution is 0.373. The van der Waals surface area contributed by atoms with Crippen LogP contribution in [-0.2, 0) is 13.5 Å². The third-order valence-electron chi connectivity index (χ3n) is 5.82. The fraction of sp³-hybridized carbons (Fsp3) is 0.435. The van der Waals surface area contributed by atoms with Crippen molar-refractivity contribution in [3.63, 3.8) is 0 Å². The highest BCUT2D eigenvalue weighted by atomic mass is 32.2. The second-order valence-electron chi connectivity index (χ2n) is 8.85. The zero-order valence-electron chi connectivity index (χ0n) is 19.5. The van der Waals surface area contributed by atoms with Crippen molar-refractivity contribution in [2.24, 2.45) is 13.0 Å². The number of aromatic nitrogens is 5. The molecule has 2 N–H and O–H groups in total. The smallest absolute Gasteiger partial charge is 0.180 e. The van der Waals surface area contributed by atoms with Gasteiger partial charge in [-0.15, -0.1) is 11.3 Å². The van der Waals surface area contributed by atoms with Crippen LogP contribution in [0.4, 0.5) is 10.8 Å². The Labute approximate surface area is 202 Å². The number of nitrogens with one attached hydrogen (secondary N) is 2. The van der Waals surface area contributed by atoms with E-state index in [4.69, 9.17) is 9.97 Å². The first-order valence-corrected chi connectivity index (χ1v) is 12.8. The van der Waals surface area contributed by atoms with Gasteiger partial charge in [0.05, 0.1) is 33.0 Å². The molecule has 174 valence electrons. The van der Waals surface area contributed by atoms with Gasteiger partial charge in [-0.25, -0.2) is 9.97 Å². The quantitative estimate of drug-likeness (QED) is 0.379. The van der Waals surface area contributed by atoms with E-state index >= 15 is 0 Å². The molecule has 0 amide bonds. The molecule has 0 bridgehead atoms. The molecule has 0 saturated carbocycles. The van der Waals surface area contributed by atoms with E-state index in [9.17, 15) is 0 Å². The van der Waals surface area contributed by atoms with Gasteiger partial charge in [-0.3, -0.25) is 13.4 Å². The average molecular weight is 483 g/mol. The van der Waals surface area contributed by atoms with Gasteiger partial charge in [0.15, 0.2) is 11.5 Å². The Balaban J connectivity index is 1.54. The Bertz CT molecular complexity index is 1250. The van der Waals surface area contributed by atoms with E-state index < -0.39 is 0 Å². The molecule has 1 fully saturated rings. The number of anilines is 2. The van der Waals surface area contributed by atoms with Crippen LogP contribution in [0.3, 0.4) is 0 Å². The molecular weight excluding hydrogens is 452 g/mol. The van der Waals surface area contributed by atoms with Crippen molar-refractivity contribution in [3.8, 4) is 11.3 Å². The summed E-state index contributed by atoms with van der Waals surface area (Å²) in [6, 6.07) is 2.19. The van der Waals surface area contributed by atoms with Gasteiger partial charge in [-0.05, 0) is 82.9 Å². The van der Waals surface area contributed by atoms with E-state index in [1.165, 1.54) is 22.6 Å². The van der Waals surface area contributed by atoms with E-state index in [2.05, 4.69) is 57.7 Å². The van der Waals surface area contributed by atoms with Crippen molar-refractivity contribution < 1.29 is 0 Å². The Hall–Kier alpha value is -2.40. The summed E-state index contributed by atoms with van der Waals surface area (Å²) >= 11 is 3.49. The van der Waals surface area contributed by atoms with Gasteiger partial charge in [-0.1, -0.05) is 0 Å². The summed E-state index contributed by atoms with van der Waals surface area (Å²) < 4.78 is 7.38. The topological polar surface area (TPSA) is 75.3 Å². The molecule has 4 aromatic heterocycles. The van der Waals surface area contributed by atoms with Crippen molar-refractivity contribution in [2.75, 3.05) is 32.5 Å². The highest BCUT2D eigenvalue weighted by Crippen LogP contribution is 2.37. The molecule has 10 heteroatoms. The molecule has 0 aliphatic carbocycles. The van der Waals surface area contributed by atoms with E-state index in [1.54, 1.807) is 23.3 Å². The second-order valence-corrected chi connectivity index (χ2v) is 11.5. The van der Waals surface area contributed by atoms with Crippen LogP contribution >= 0.6 is 23.3 Å². The van der Waals surface area contributed by atoms with Crippen molar-refractivity contribution in [3.05, 3.63) is 42.1 Å². The van der Waals surface area contributed by atoms with Crippen LogP contribution in [0.2, 0.25) is 0 Å². The fourth-order valence-corrected chi connectivity index (χ4v) is 6.48. The predicted molar refractivity (Wildman–Crippen MR) is 136 cm³/mol. The third-order valence-corrected chi connectivity index (χ3v) is 8.09. The number of hydrogen-bond donors (Lipinski definition) is 2. The molecule has 1 aliphatic heterocycles. The summed E-state index contributed by atoms with van der Waals surface area (Å²) in [5.41, 5.74) is 5.24. The minimum atomic E-state index is 0.606. The molecule has 33 heavy (non-hydrogen) atoms. The third kappa shape index (κ3) is 4.93. The standard InChI is InChI=1S/C23H30N8S2/c1-15-8-20(32-23(15)33-29(2)3)28-21-22-25-12-19(17-11-26-30(4)13-17)31(22)14-18(27-21)9-16-6-5-7-24-10-16/h8,11-14,16,24H,5-7,9-10H2,1-4H3,(H,27,28). The first kappa shape index (κ1) is 22.4. The normalized spacial score (nSPS) is 16.7. The molecule has 8 nitrogen and oxygen atoms in total. The summed E-state index contributed by atoms with van der Waals surface area (Å²) in [5.74, 6) is 1.41. The molecule has 5 heterocycles. The number of fused-ring (bicyclic) bond motifs is 1. The lowest BCUT2D eigenvalue weighted by atomic mass is 9.95. The highest BCUT2D eigenvalue weighted by molar-refractivity contribution is 7.99. The predicted octanol–water partition coefficient (Wildman–Crippen LogP) is 4.35. The van der Waals surface area contributed by atoms with Crippen molar-refractivity contribution in [2.45, 2.75) is 30.4 Å². The van der Waals surface area contributed by atoms with Gasteiger partial charge < -0.3 is 10.6 Å². The first-order chi connectivity index (χ1) is 16.0. The lowest BCUT2D eigenvalue weighted by Gasteiger charge is -2.22. The minimum Gasteiger partial charge on any atom is -0.329 e. The van der Waals surface area contributed by atoms with Gasteiger partial charge in [-0.2, -0.15) is 5.10 Å². The highest BCUT2D eigenvalue weighted by Gasteiger charge is 2.19. The van der Waals surface area contributed by atoms with Crippen LogP contribution < -0.4 is 10.6 Å². The summed E-state index contributed by atoms with van der Waals surface area (Å²) in [5, 5.41) is 12.5. The average Bonchev–Trinajstić information content (AvgIpc) is 3.47. The van der Waals surface area contributed by atoms with Gasteiger partial charge >= 0.3 is 0 Å². The second kappa shape index (κ2) is 9.46. The maximum Gasteiger partial charge on any atom is 0.180 e.